The number of aromatic nitrogens is 2. The van der Waals surface area contributed by atoms with Gasteiger partial charge in [0.25, 0.3) is 21.6 Å². The number of anilines is 2. The van der Waals surface area contributed by atoms with Gasteiger partial charge in [0.2, 0.25) is 0 Å². The van der Waals surface area contributed by atoms with Gasteiger partial charge < -0.3 is 24.7 Å². The number of carbonyl (C=O) groups is 1. The number of sulfonamides is 1. The summed E-state index contributed by atoms with van der Waals surface area (Å²) >= 11 is 6.33. The van der Waals surface area contributed by atoms with Crippen molar-refractivity contribution >= 4 is 55.6 Å². The molecule has 2 aromatic heterocycles. The van der Waals surface area contributed by atoms with E-state index in [9.17, 15) is 23.3 Å². The first-order valence-electron chi connectivity index (χ1n) is 21.0. The number of aromatic amines is 1. The molecule has 2 aliphatic carbocycles. The molecule has 0 unspecified atom stereocenters. The fraction of sp³-hybridized carbons (Fsp3) is 0.422. The molecule has 0 bridgehead atoms. The lowest BCUT2D eigenvalue weighted by molar-refractivity contribution is -0.384. The van der Waals surface area contributed by atoms with Gasteiger partial charge in [0.15, 0.2) is 0 Å². The van der Waals surface area contributed by atoms with Gasteiger partial charge in [-0.15, -0.1) is 0 Å². The zero-order valence-corrected chi connectivity index (χ0v) is 36.1. The summed E-state index contributed by atoms with van der Waals surface area (Å²) in [6.45, 7) is 10.5. The Bertz CT molecular complexity index is 2520. The molecule has 14 nitrogen and oxygen atoms in total. The van der Waals surface area contributed by atoms with E-state index >= 15 is 0 Å². The minimum Gasteiger partial charge on any atom is -0.455 e. The maximum atomic E-state index is 13.9. The van der Waals surface area contributed by atoms with Crippen molar-refractivity contribution < 1.29 is 27.6 Å². The first-order valence-corrected chi connectivity index (χ1v) is 22.8. The summed E-state index contributed by atoms with van der Waals surface area (Å²) in [6.07, 6.45) is 14.4. The van der Waals surface area contributed by atoms with Crippen LogP contribution in [0.2, 0.25) is 0 Å². The lowest BCUT2D eigenvalue weighted by Crippen LogP contribution is -2.47. The summed E-state index contributed by atoms with van der Waals surface area (Å²) in [4.78, 5) is 37.2. The SMILES string of the molecule is CC1(C)CCC(CN2CCN(c3ccc(C(=O)NS(=O)(=O)c4ccc(NCC5CCOCC5)c([N+](=O)[O-])c4)c(Oc4cnc5[nH]ccc5c4)c3)CC2)=C(C2=CC=C(Cl)CC2)C1. The smallest absolute Gasteiger partial charge is 0.293 e. The van der Waals surface area contributed by atoms with Crippen LogP contribution in [0, 0.1) is 21.4 Å². The zero-order chi connectivity index (χ0) is 42.7. The van der Waals surface area contributed by atoms with Crippen molar-refractivity contribution in [3.05, 3.63) is 111 Å². The Balaban J connectivity index is 1.00. The third kappa shape index (κ3) is 10.1. The first-order chi connectivity index (χ1) is 29.3. The number of allylic oxidation sites excluding steroid dienone is 5. The van der Waals surface area contributed by atoms with Gasteiger partial charge in [0, 0.05) is 86.9 Å². The zero-order valence-electron chi connectivity index (χ0n) is 34.5. The van der Waals surface area contributed by atoms with Gasteiger partial charge in [-0.3, -0.25) is 19.8 Å². The Morgan fingerprint density at radius 2 is 1.85 bits per heavy atom. The van der Waals surface area contributed by atoms with Crippen LogP contribution in [0.4, 0.5) is 17.1 Å². The van der Waals surface area contributed by atoms with E-state index in [1.54, 1.807) is 30.5 Å². The second-order valence-electron chi connectivity index (χ2n) is 17.2. The highest BCUT2D eigenvalue weighted by molar-refractivity contribution is 7.90. The predicted octanol–water partition coefficient (Wildman–Crippen LogP) is 8.69. The monoisotopic (exact) mass is 869 g/mol. The maximum Gasteiger partial charge on any atom is 0.293 e. The van der Waals surface area contributed by atoms with E-state index in [2.05, 4.69) is 49.7 Å². The van der Waals surface area contributed by atoms with Gasteiger partial charge in [-0.2, -0.15) is 0 Å². The molecule has 0 saturated carbocycles. The lowest BCUT2D eigenvalue weighted by atomic mass is 9.71. The Hall–Kier alpha value is -5.22. The number of amides is 1. The van der Waals surface area contributed by atoms with Crippen molar-refractivity contribution in [3.63, 3.8) is 0 Å². The number of carbonyl (C=O) groups excluding carboxylic acids is 1. The third-order valence-corrected chi connectivity index (χ3v) is 13.9. The number of hydrogen-bond donors (Lipinski definition) is 3. The Kier molecular flexibility index (Phi) is 12.5. The molecule has 2 aliphatic heterocycles. The number of benzene rings is 2. The highest BCUT2D eigenvalue weighted by Crippen LogP contribution is 2.44. The van der Waals surface area contributed by atoms with E-state index < -0.39 is 31.4 Å². The molecule has 0 radical (unpaired) electrons. The number of nitrogens with zero attached hydrogens (tertiary/aromatic N) is 4. The topological polar surface area (TPSA) is 172 Å². The molecule has 3 N–H and O–H groups in total. The molecule has 2 fully saturated rings. The Morgan fingerprint density at radius 1 is 1.05 bits per heavy atom. The number of hydrogen-bond acceptors (Lipinski definition) is 11. The van der Waals surface area contributed by atoms with Crippen molar-refractivity contribution in [3.8, 4) is 11.5 Å². The highest BCUT2D eigenvalue weighted by atomic mass is 35.5. The largest absolute Gasteiger partial charge is 0.455 e. The number of rotatable bonds is 13. The molecule has 322 valence electrons. The number of pyridine rings is 1. The standard InChI is InChI=1S/C45H52ClN7O7S/c1-45(2)15-11-33(39(26-45)31-3-5-34(46)6-4-31)29-51-17-19-52(20-18-51)35-7-9-38(42(24-35)60-36-23-32-12-16-47-43(32)49-28-36)44(54)50-61(57,58)37-8-10-40(41(25-37)53(55)56)48-27-30-13-21-59-22-14-30/h3,5,7-10,12,16,23-25,28,30,48H,4,6,11,13-15,17-22,26-27,29H2,1-2H3,(H,47,49)(H,50,54). The van der Waals surface area contributed by atoms with Crippen LogP contribution < -0.4 is 19.7 Å². The molecule has 2 aromatic carbocycles. The van der Waals surface area contributed by atoms with Crippen molar-refractivity contribution in [1.82, 2.24) is 19.6 Å². The molecule has 4 aromatic rings. The number of fused-ring (bicyclic) bond motifs is 1. The van der Waals surface area contributed by atoms with Crippen LogP contribution in [0.15, 0.2) is 99.7 Å². The molecule has 0 spiro atoms. The number of ether oxygens (including phenoxy) is 2. The lowest BCUT2D eigenvalue weighted by Gasteiger charge is -2.40. The number of nitro benzene ring substituents is 1. The molecule has 4 aliphatic rings. The molecular formula is C45H52ClN7O7S. The first kappa shape index (κ1) is 42.5. The normalized spacial score (nSPS) is 19.0. The summed E-state index contributed by atoms with van der Waals surface area (Å²) in [5.74, 6) is -0.177. The van der Waals surface area contributed by atoms with Crippen LogP contribution in [-0.4, -0.2) is 86.6 Å². The molecule has 61 heavy (non-hydrogen) atoms. The summed E-state index contributed by atoms with van der Waals surface area (Å²) in [5, 5.41) is 16.9. The molecular weight excluding hydrogens is 818 g/mol. The Morgan fingerprint density at radius 3 is 2.61 bits per heavy atom. The fourth-order valence-corrected chi connectivity index (χ4v) is 9.79. The van der Waals surface area contributed by atoms with E-state index in [-0.39, 0.29) is 28.3 Å². The van der Waals surface area contributed by atoms with E-state index in [0.29, 0.717) is 31.2 Å². The number of halogens is 1. The van der Waals surface area contributed by atoms with Crippen LogP contribution in [0.3, 0.4) is 0 Å². The number of nitro groups is 1. The average Bonchev–Trinajstić information content (AvgIpc) is 3.72. The van der Waals surface area contributed by atoms with E-state index in [1.807, 2.05) is 12.1 Å². The van der Waals surface area contributed by atoms with E-state index in [0.717, 1.165) is 99.8 Å². The van der Waals surface area contributed by atoms with Gasteiger partial charge >= 0.3 is 0 Å². The van der Waals surface area contributed by atoms with E-state index in [4.69, 9.17) is 21.1 Å². The summed E-state index contributed by atoms with van der Waals surface area (Å²) in [7, 11) is -4.55. The number of H-pyrrole nitrogens is 1. The summed E-state index contributed by atoms with van der Waals surface area (Å²) in [5.41, 5.74) is 5.93. The second-order valence-corrected chi connectivity index (χ2v) is 19.3. The second kappa shape index (κ2) is 18.0. The highest BCUT2D eigenvalue weighted by Gasteiger charge is 2.31. The predicted molar refractivity (Wildman–Crippen MR) is 237 cm³/mol. The van der Waals surface area contributed by atoms with Crippen molar-refractivity contribution in [1.29, 1.82) is 0 Å². The molecule has 16 heteroatoms. The minimum atomic E-state index is -4.55. The fourth-order valence-electron chi connectivity index (χ4n) is 8.65. The maximum absolute atomic E-state index is 13.9. The quantitative estimate of drug-likeness (QED) is 0.0867. The number of nitrogens with one attached hydrogen (secondary N) is 3. The van der Waals surface area contributed by atoms with Gasteiger partial charge in [0.1, 0.15) is 22.8 Å². The van der Waals surface area contributed by atoms with Crippen LogP contribution in [-0.2, 0) is 14.8 Å². The van der Waals surface area contributed by atoms with Crippen molar-refractivity contribution in [2.75, 3.05) is 62.7 Å². The molecule has 0 atom stereocenters. The van der Waals surface area contributed by atoms with Crippen LogP contribution in [0.1, 0.15) is 69.2 Å². The molecule has 1 amide bonds. The summed E-state index contributed by atoms with van der Waals surface area (Å²) < 4.78 is 41.2. The number of piperazine rings is 1. The van der Waals surface area contributed by atoms with Crippen molar-refractivity contribution in [2.24, 2.45) is 11.3 Å². The van der Waals surface area contributed by atoms with Gasteiger partial charge in [-0.25, -0.2) is 18.1 Å². The molecule has 8 rings (SSSR count). The molecule has 4 heterocycles. The van der Waals surface area contributed by atoms with Gasteiger partial charge in [0.05, 0.1) is 21.6 Å². The van der Waals surface area contributed by atoms with Gasteiger partial charge in [-0.05, 0) is 110 Å². The minimum absolute atomic E-state index is 0.0304. The van der Waals surface area contributed by atoms with Crippen LogP contribution >= 0.6 is 11.6 Å². The van der Waals surface area contributed by atoms with Gasteiger partial charge in [-0.1, -0.05) is 37.1 Å². The van der Waals surface area contributed by atoms with Crippen LogP contribution in [0.25, 0.3) is 11.0 Å². The average molecular weight is 870 g/mol. The van der Waals surface area contributed by atoms with E-state index in [1.165, 1.54) is 35.0 Å². The Labute approximate surface area is 361 Å². The molecule has 2 saturated heterocycles. The van der Waals surface area contributed by atoms with Crippen LogP contribution in [0.5, 0.6) is 11.5 Å². The summed E-state index contributed by atoms with van der Waals surface area (Å²) in [6, 6.07) is 12.3. The van der Waals surface area contributed by atoms with Crippen molar-refractivity contribution in [2.45, 2.75) is 63.7 Å². The third-order valence-electron chi connectivity index (χ3n) is 12.3.